The zero-order valence-electron chi connectivity index (χ0n) is 10.0. The van der Waals surface area contributed by atoms with Crippen molar-refractivity contribution in [3.63, 3.8) is 0 Å². The Morgan fingerprint density at radius 3 is 2.14 bits per heavy atom. The zero-order chi connectivity index (χ0) is 11.2. The Bertz CT molecular complexity index is 159. The molecule has 0 amide bonds. The summed E-state index contributed by atoms with van der Waals surface area (Å²) in [7, 11) is -3.29. The minimum Gasteiger partial charge on any atom is -0.422 e. The van der Waals surface area contributed by atoms with Crippen LogP contribution in [-0.2, 0) is 17.1 Å². The first-order valence-corrected chi connectivity index (χ1v) is 12.0. The molecule has 0 fully saturated rings. The maximum absolute atomic E-state index is 5.90. The van der Waals surface area contributed by atoms with Gasteiger partial charge in [0, 0.05) is 20.3 Å². The molecule has 0 N–H and O–H groups in total. The first-order chi connectivity index (χ1) is 6.39. The molecule has 0 heterocycles. The van der Waals surface area contributed by atoms with E-state index in [-0.39, 0.29) is 0 Å². The predicted molar refractivity (Wildman–Crippen MR) is 64.3 cm³/mol. The summed E-state index contributed by atoms with van der Waals surface area (Å²) in [6.07, 6.45) is 0. The van der Waals surface area contributed by atoms with Crippen molar-refractivity contribution in [2.24, 2.45) is 0 Å². The zero-order valence-corrected chi connectivity index (χ0v) is 13.5. The van der Waals surface area contributed by atoms with Gasteiger partial charge in [-0.15, -0.1) is 0 Å². The Kier molecular flexibility index (Phi) is 6.37. The standard InChI is InChI=1S/C7H22O4Si3/c1-7-9-14(6,10-12-3)11-13(4,5)8-2/h7,12H2,1-6H3. The Morgan fingerprint density at radius 1 is 1.21 bits per heavy atom. The smallest absolute Gasteiger partial charge is 0.422 e. The van der Waals surface area contributed by atoms with Gasteiger partial charge in [0.2, 0.25) is 0 Å². The van der Waals surface area contributed by atoms with Gasteiger partial charge in [0.1, 0.15) is 9.76 Å². The molecule has 0 aromatic heterocycles. The molecule has 0 aliphatic carbocycles. The van der Waals surface area contributed by atoms with Crippen molar-refractivity contribution in [3.8, 4) is 0 Å². The van der Waals surface area contributed by atoms with E-state index in [2.05, 4.69) is 6.55 Å². The van der Waals surface area contributed by atoms with E-state index in [0.717, 1.165) is 0 Å². The van der Waals surface area contributed by atoms with Crippen LogP contribution in [0.3, 0.4) is 0 Å². The van der Waals surface area contributed by atoms with Crippen LogP contribution in [0.1, 0.15) is 6.92 Å². The van der Waals surface area contributed by atoms with Crippen LogP contribution < -0.4 is 0 Å². The van der Waals surface area contributed by atoms with Crippen LogP contribution >= 0.6 is 0 Å². The lowest BCUT2D eigenvalue weighted by atomic mass is 10.9. The first-order valence-electron chi connectivity index (χ1n) is 4.92. The minimum absolute atomic E-state index is 0.509. The third-order valence-electron chi connectivity index (χ3n) is 1.74. The highest BCUT2D eigenvalue weighted by Crippen LogP contribution is 2.16. The Morgan fingerprint density at radius 2 is 1.79 bits per heavy atom. The molecule has 0 aromatic carbocycles. The van der Waals surface area contributed by atoms with Crippen LogP contribution in [0.4, 0.5) is 0 Å². The monoisotopic (exact) mass is 254 g/mol. The SMILES string of the molecule is CCO[Si](C)(O[SiH2]C)O[Si](C)(C)OC. The molecule has 0 radical (unpaired) electrons. The van der Waals surface area contributed by atoms with E-state index in [1.165, 1.54) is 0 Å². The van der Waals surface area contributed by atoms with Gasteiger partial charge in [-0.25, -0.2) is 0 Å². The van der Waals surface area contributed by atoms with Crippen LogP contribution in [0.5, 0.6) is 0 Å². The lowest BCUT2D eigenvalue weighted by molar-refractivity contribution is 0.160. The van der Waals surface area contributed by atoms with Gasteiger partial charge in [-0.2, -0.15) is 0 Å². The molecule has 0 aliphatic heterocycles. The third-order valence-corrected chi connectivity index (χ3v) is 10.2. The normalized spacial score (nSPS) is 17.6. The first kappa shape index (κ1) is 14.5. The fourth-order valence-corrected chi connectivity index (χ4v) is 8.98. The van der Waals surface area contributed by atoms with Crippen LogP contribution in [-0.4, -0.2) is 40.8 Å². The maximum atomic E-state index is 5.90. The van der Waals surface area contributed by atoms with Gasteiger partial charge >= 0.3 is 17.4 Å². The molecule has 1 atom stereocenters. The lowest BCUT2D eigenvalue weighted by Crippen LogP contribution is -2.52. The van der Waals surface area contributed by atoms with E-state index in [9.17, 15) is 0 Å². The molecular formula is C7H22O4Si3. The summed E-state index contributed by atoms with van der Waals surface area (Å²) in [6, 6.07) is 0. The summed E-state index contributed by atoms with van der Waals surface area (Å²) < 4.78 is 22.5. The average Bonchev–Trinajstić information content (AvgIpc) is 2.03. The van der Waals surface area contributed by atoms with Crippen LogP contribution in [0.2, 0.25) is 26.2 Å². The number of rotatable bonds is 7. The van der Waals surface area contributed by atoms with Gasteiger partial charge in [0.05, 0.1) is 0 Å². The molecule has 4 nitrogen and oxygen atoms in total. The van der Waals surface area contributed by atoms with E-state index in [1.807, 2.05) is 26.6 Å². The second-order valence-corrected chi connectivity index (χ2v) is 11.2. The van der Waals surface area contributed by atoms with E-state index in [0.29, 0.717) is 6.61 Å². The van der Waals surface area contributed by atoms with Gasteiger partial charge in [0.25, 0.3) is 0 Å². The number of hydrogen-bond donors (Lipinski definition) is 0. The van der Waals surface area contributed by atoms with Crippen LogP contribution in [0, 0.1) is 0 Å². The summed E-state index contributed by atoms with van der Waals surface area (Å²) in [5.74, 6) is 0. The van der Waals surface area contributed by atoms with Crippen molar-refractivity contribution in [1.82, 2.24) is 0 Å². The van der Waals surface area contributed by atoms with Crippen molar-refractivity contribution in [2.75, 3.05) is 13.7 Å². The molecule has 0 saturated heterocycles. The largest absolute Gasteiger partial charge is 0.477 e. The third kappa shape index (κ3) is 5.39. The summed E-state index contributed by atoms with van der Waals surface area (Å²) in [4.78, 5) is 0. The van der Waals surface area contributed by atoms with Gasteiger partial charge in [-0.3, -0.25) is 0 Å². The van der Waals surface area contributed by atoms with E-state index in [1.54, 1.807) is 7.11 Å². The number of hydrogen-bond acceptors (Lipinski definition) is 4. The Labute approximate surface area is 91.5 Å². The fourth-order valence-electron chi connectivity index (χ4n) is 1.11. The average molecular weight is 255 g/mol. The molecular weight excluding hydrogens is 232 g/mol. The second kappa shape index (κ2) is 6.16. The molecule has 1 unspecified atom stereocenters. The topological polar surface area (TPSA) is 36.9 Å². The van der Waals surface area contributed by atoms with Crippen molar-refractivity contribution >= 4 is 27.1 Å². The van der Waals surface area contributed by atoms with Crippen molar-refractivity contribution in [3.05, 3.63) is 0 Å². The van der Waals surface area contributed by atoms with Gasteiger partial charge in [0.15, 0.2) is 0 Å². The maximum Gasteiger partial charge on any atom is 0.477 e. The molecule has 14 heavy (non-hydrogen) atoms. The quantitative estimate of drug-likeness (QED) is 0.638. The van der Waals surface area contributed by atoms with Crippen molar-refractivity contribution in [1.29, 1.82) is 0 Å². The van der Waals surface area contributed by atoms with Crippen LogP contribution in [0.25, 0.3) is 0 Å². The molecule has 86 valence electrons. The van der Waals surface area contributed by atoms with E-state index >= 15 is 0 Å². The predicted octanol–water partition coefficient (Wildman–Crippen LogP) is 1.10. The minimum atomic E-state index is -2.41. The molecule has 7 heteroatoms. The molecule has 0 rings (SSSR count). The molecule has 0 spiro atoms. The summed E-state index contributed by atoms with van der Waals surface area (Å²) in [6.45, 7) is 10.6. The Balaban J connectivity index is 4.34. The van der Waals surface area contributed by atoms with E-state index < -0.39 is 27.1 Å². The van der Waals surface area contributed by atoms with Crippen molar-refractivity contribution in [2.45, 2.75) is 33.1 Å². The summed E-state index contributed by atoms with van der Waals surface area (Å²) in [5, 5.41) is 0. The lowest BCUT2D eigenvalue weighted by Gasteiger charge is -2.32. The Hall–Kier alpha value is 0.491. The van der Waals surface area contributed by atoms with Gasteiger partial charge in [-0.1, -0.05) is 6.55 Å². The highest BCUT2D eigenvalue weighted by Gasteiger charge is 2.41. The van der Waals surface area contributed by atoms with Gasteiger partial charge < -0.3 is 17.1 Å². The van der Waals surface area contributed by atoms with Gasteiger partial charge in [-0.05, 0) is 20.0 Å². The van der Waals surface area contributed by atoms with Crippen molar-refractivity contribution < 1.29 is 17.1 Å². The fraction of sp³-hybridized carbons (Fsp3) is 1.00. The molecule has 0 bridgehead atoms. The molecule has 0 aliphatic rings. The second-order valence-electron chi connectivity index (χ2n) is 3.43. The summed E-state index contributed by atoms with van der Waals surface area (Å²) in [5.41, 5.74) is 0. The molecule has 0 saturated carbocycles. The molecule has 0 aromatic rings. The van der Waals surface area contributed by atoms with Crippen LogP contribution in [0.15, 0.2) is 0 Å². The highest BCUT2D eigenvalue weighted by molar-refractivity contribution is 6.78. The summed E-state index contributed by atoms with van der Waals surface area (Å²) >= 11 is 0. The van der Waals surface area contributed by atoms with E-state index in [4.69, 9.17) is 17.1 Å². The highest BCUT2D eigenvalue weighted by atomic mass is 28.5.